The van der Waals surface area contributed by atoms with Gasteiger partial charge in [0, 0.05) is 17.8 Å². The molecule has 0 fully saturated rings. The van der Waals surface area contributed by atoms with Gasteiger partial charge in [0.2, 0.25) is 0 Å². The molecular weight excluding hydrogens is 214 g/mol. The van der Waals surface area contributed by atoms with Gasteiger partial charge in [0.25, 0.3) is 0 Å². The van der Waals surface area contributed by atoms with Gasteiger partial charge in [-0.05, 0) is 26.2 Å². The molecule has 0 radical (unpaired) electrons. The Balaban J connectivity index is 2.13. The summed E-state index contributed by atoms with van der Waals surface area (Å²) in [7, 11) is 0. The molecule has 0 atom stereocenters. The normalized spacial score (nSPS) is 13.9. The van der Waals surface area contributed by atoms with E-state index in [-0.39, 0.29) is 0 Å². The van der Waals surface area contributed by atoms with Gasteiger partial charge in [-0.2, -0.15) is 0 Å². The van der Waals surface area contributed by atoms with Crippen molar-refractivity contribution in [2.45, 2.75) is 32.7 Å². The number of anilines is 1. The van der Waals surface area contributed by atoms with Crippen molar-refractivity contribution < 1.29 is 0 Å². The van der Waals surface area contributed by atoms with E-state index in [9.17, 15) is 0 Å². The molecule has 5 heteroatoms. The van der Waals surface area contributed by atoms with Crippen LogP contribution in [-0.2, 0) is 19.4 Å². The van der Waals surface area contributed by atoms with Crippen LogP contribution in [0.5, 0.6) is 0 Å². The van der Waals surface area contributed by atoms with E-state index in [1.54, 1.807) is 12.5 Å². The van der Waals surface area contributed by atoms with Crippen LogP contribution in [0, 0.1) is 0 Å². The van der Waals surface area contributed by atoms with Crippen molar-refractivity contribution in [2.24, 2.45) is 0 Å². The Labute approximate surface area is 99.7 Å². The lowest BCUT2D eigenvalue weighted by molar-refractivity contribution is 0.763. The van der Waals surface area contributed by atoms with Crippen LogP contribution in [0.4, 0.5) is 5.82 Å². The van der Waals surface area contributed by atoms with Crippen molar-refractivity contribution in [3.8, 4) is 11.5 Å². The van der Waals surface area contributed by atoms with Gasteiger partial charge >= 0.3 is 0 Å². The molecule has 0 bridgehead atoms. The third-order valence-corrected chi connectivity index (χ3v) is 3.25. The number of nitrogens with zero attached hydrogens (tertiary/aromatic N) is 4. The predicted molar refractivity (Wildman–Crippen MR) is 65.4 cm³/mol. The number of aromatic nitrogens is 4. The summed E-state index contributed by atoms with van der Waals surface area (Å²) in [4.78, 5) is 13.1. The molecule has 1 aliphatic rings. The first-order valence-electron chi connectivity index (χ1n) is 5.95. The second-order valence-electron chi connectivity index (χ2n) is 4.28. The highest BCUT2D eigenvalue weighted by molar-refractivity contribution is 5.55. The van der Waals surface area contributed by atoms with E-state index in [0.29, 0.717) is 11.6 Å². The Morgan fingerprint density at radius 2 is 2.24 bits per heavy atom. The minimum absolute atomic E-state index is 0.631. The highest BCUT2D eigenvalue weighted by Gasteiger charge is 2.19. The number of nitrogens with two attached hydrogens (primary N) is 1. The minimum Gasteiger partial charge on any atom is -0.383 e. The van der Waals surface area contributed by atoms with E-state index in [2.05, 4.69) is 21.9 Å². The number of nitrogen functional groups attached to an aromatic ring is 1. The number of rotatable bonds is 2. The number of hydrogen-bond acceptors (Lipinski definition) is 4. The molecule has 2 heterocycles. The van der Waals surface area contributed by atoms with E-state index in [1.807, 2.05) is 4.57 Å². The summed E-state index contributed by atoms with van der Waals surface area (Å²) < 4.78 is 2.02. The first-order chi connectivity index (χ1) is 8.29. The molecule has 2 aromatic rings. The standard InChI is InChI=1S/C12H15N5/c1-2-17-7-14-6-10(17)12-15-9-5-3-4-8(9)11(13)16-12/h6-7H,2-5H2,1H3,(H2,13,15,16). The summed E-state index contributed by atoms with van der Waals surface area (Å²) >= 11 is 0. The van der Waals surface area contributed by atoms with Gasteiger partial charge in [0.15, 0.2) is 5.82 Å². The zero-order valence-electron chi connectivity index (χ0n) is 9.85. The Morgan fingerprint density at radius 1 is 1.35 bits per heavy atom. The molecule has 88 valence electrons. The summed E-state index contributed by atoms with van der Waals surface area (Å²) in [6.45, 7) is 2.93. The average Bonchev–Trinajstić information content (AvgIpc) is 2.96. The molecule has 0 saturated heterocycles. The zero-order valence-corrected chi connectivity index (χ0v) is 9.85. The van der Waals surface area contributed by atoms with Gasteiger partial charge in [-0.15, -0.1) is 0 Å². The molecule has 3 rings (SSSR count). The van der Waals surface area contributed by atoms with Crippen LogP contribution in [0.15, 0.2) is 12.5 Å². The number of fused-ring (bicyclic) bond motifs is 1. The fourth-order valence-electron chi connectivity index (χ4n) is 2.33. The molecular formula is C12H15N5. The van der Waals surface area contributed by atoms with Crippen molar-refractivity contribution in [1.82, 2.24) is 19.5 Å². The molecule has 0 saturated carbocycles. The summed E-state index contributed by atoms with van der Waals surface area (Å²) in [6.07, 6.45) is 6.73. The van der Waals surface area contributed by atoms with Gasteiger partial charge in [0.05, 0.1) is 12.5 Å². The SMILES string of the molecule is CCn1cncc1-c1nc(N)c2c(n1)CCC2. The predicted octanol–water partition coefficient (Wildman–Crippen LogP) is 1.43. The zero-order chi connectivity index (χ0) is 11.8. The molecule has 2 aromatic heterocycles. The molecule has 0 aromatic carbocycles. The maximum atomic E-state index is 5.99. The second-order valence-corrected chi connectivity index (χ2v) is 4.28. The fourth-order valence-corrected chi connectivity index (χ4v) is 2.33. The Kier molecular flexibility index (Phi) is 2.31. The molecule has 0 unspecified atom stereocenters. The smallest absolute Gasteiger partial charge is 0.180 e. The van der Waals surface area contributed by atoms with Gasteiger partial charge in [-0.3, -0.25) is 0 Å². The first-order valence-corrected chi connectivity index (χ1v) is 5.95. The van der Waals surface area contributed by atoms with Crippen molar-refractivity contribution in [2.75, 3.05) is 5.73 Å². The van der Waals surface area contributed by atoms with Crippen molar-refractivity contribution in [3.05, 3.63) is 23.8 Å². The maximum Gasteiger partial charge on any atom is 0.180 e. The molecule has 5 nitrogen and oxygen atoms in total. The minimum atomic E-state index is 0.631. The number of imidazole rings is 1. The van der Waals surface area contributed by atoms with E-state index in [0.717, 1.165) is 42.8 Å². The van der Waals surface area contributed by atoms with Crippen molar-refractivity contribution >= 4 is 5.82 Å². The van der Waals surface area contributed by atoms with Gasteiger partial charge in [-0.1, -0.05) is 0 Å². The molecule has 0 aliphatic heterocycles. The van der Waals surface area contributed by atoms with E-state index in [4.69, 9.17) is 5.73 Å². The van der Waals surface area contributed by atoms with E-state index >= 15 is 0 Å². The highest BCUT2D eigenvalue weighted by Crippen LogP contribution is 2.27. The average molecular weight is 229 g/mol. The van der Waals surface area contributed by atoms with Crippen LogP contribution in [0.3, 0.4) is 0 Å². The topological polar surface area (TPSA) is 69.6 Å². The third-order valence-electron chi connectivity index (χ3n) is 3.25. The third kappa shape index (κ3) is 1.58. The monoisotopic (exact) mass is 229 g/mol. The maximum absolute atomic E-state index is 5.99. The quantitative estimate of drug-likeness (QED) is 0.845. The summed E-state index contributed by atoms with van der Waals surface area (Å²) in [6, 6.07) is 0. The van der Waals surface area contributed by atoms with Crippen molar-refractivity contribution in [1.29, 1.82) is 0 Å². The van der Waals surface area contributed by atoms with Gasteiger partial charge in [-0.25, -0.2) is 15.0 Å². The fraction of sp³-hybridized carbons (Fsp3) is 0.417. The summed E-state index contributed by atoms with van der Waals surface area (Å²) in [5, 5.41) is 0. The van der Waals surface area contributed by atoms with Crippen molar-refractivity contribution in [3.63, 3.8) is 0 Å². The van der Waals surface area contributed by atoms with Gasteiger partial charge < -0.3 is 10.3 Å². The second kappa shape index (κ2) is 3.84. The summed E-state index contributed by atoms with van der Waals surface area (Å²) in [5.74, 6) is 1.33. The van der Waals surface area contributed by atoms with Crippen LogP contribution in [0.1, 0.15) is 24.6 Å². The Bertz CT molecular complexity index is 558. The molecule has 1 aliphatic carbocycles. The van der Waals surface area contributed by atoms with Crippen LogP contribution < -0.4 is 5.73 Å². The van der Waals surface area contributed by atoms with Crippen LogP contribution in [-0.4, -0.2) is 19.5 Å². The number of hydrogen-bond donors (Lipinski definition) is 1. The Morgan fingerprint density at radius 3 is 3.06 bits per heavy atom. The lowest BCUT2D eigenvalue weighted by Crippen LogP contribution is -2.05. The van der Waals surface area contributed by atoms with Crippen LogP contribution in [0.25, 0.3) is 11.5 Å². The molecule has 0 spiro atoms. The highest BCUT2D eigenvalue weighted by atomic mass is 15.1. The lowest BCUT2D eigenvalue weighted by Gasteiger charge is -2.07. The Hall–Kier alpha value is -1.91. The molecule has 2 N–H and O–H groups in total. The molecule has 17 heavy (non-hydrogen) atoms. The summed E-state index contributed by atoms with van der Waals surface area (Å²) in [5.41, 5.74) is 9.17. The largest absolute Gasteiger partial charge is 0.383 e. The van der Waals surface area contributed by atoms with E-state index < -0.39 is 0 Å². The lowest BCUT2D eigenvalue weighted by atomic mass is 10.2. The number of aryl methyl sites for hydroxylation is 2. The molecule has 0 amide bonds. The van der Waals surface area contributed by atoms with E-state index in [1.165, 1.54) is 0 Å². The first kappa shape index (κ1) is 10.3. The van der Waals surface area contributed by atoms with Crippen LogP contribution >= 0.6 is 0 Å². The van der Waals surface area contributed by atoms with Crippen LogP contribution in [0.2, 0.25) is 0 Å². The van der Waals surface area contributed by atoms with Gasteiger partial charge in [0.1, 0.15) is 11.5 Å².